The van der Waals surface area contributed by atoms with E-state index in [-0.39, 0.29) is 17.1 Å². The highest BCUT2D eigenvalue weighted by Crippen LogP contribution is 2.31. The van der Waals surface area contributed by atoms with Gasteiger partial charge >= 0.3 is 0 Å². The molecular formula is C29H23FN6O2. The van der Waals surface area contributed by atoms with Crippen LogP contribution in [-0.4, -0.2) is 25.8 Å². The van der Waals surface area contributed by atoms with Crippen LogP contribution in [0.2, 0.25) is 0 Å². The lowest BCUT2D eigenvalue weighted by molar-refractivity contribution is 0.102. The summed E-state index contributed by atoms with van der Waals surface area (Å²) in [6.07, 6.45) is 5.62. The average molecular weight is 507 g/mol. The number of ether oxygens (including phenoxy) is 1. The summed E-state index contributed by atoms with van der Waals surface area (Å²) in [4.78, 5) is 30.4. The van der Waals surface area contributed by atoms with E-state index < -0.39 is 11.7 Å². The van der Waals surface area contributed by atoms with Crippen LogP contribution >= 0.6 is 0 Å². The molecule has 0 aliphatic carbocycles. The molecule has 0 bridgehead atoms. The maximum Gasteiger partial charge on any atom is 0.259 e. The number of nitrogens with one attached hydrogen (secondary N) is 2. The van der Waals surface area contributed by atoms with Crippen LogP contribution in [-0.2, 0) is 6.42 Å². The number of hydrogen-bond donors (Lipinski definition) is 2. The first-order valence-electron chi connectivity index (χ1n) is 11.9. The third-order valence-corrected chi connectivity index (χ3v) is 5.57. The predicted molar refractivity (Wildman–Crippen MR) is 143 cm³/mol. The lowest BCUT2D eigenvalue weighted by atomic mass is 10.2. The molecule has 0 spiro atoms. The Balaban J connectivity index is 1.30. The SMILES string of the molecule is CCc1nccc(-c2cccnc2Oc2ccc(NC(=O)c3cccnc3Nc3ccccc3F)cc2)n1. The van der Waals surface area contributed by atoms with Crippen LogP contribution in [0.15, 0.2) is 97.5 Å². The van der Waals surface area contributed by atoms with Gasteiger partial charge in [0.05, 0.1) is 22.5 Å². The smallest absolute Gasteiger partial charge is 0.259 e. The van der Waals surface area contributed by atoms with Gasteiger partial charge in [0.1, 0.15) is 23.2 Å². The van der Waals surface area contributed by atoms with Crippen molar-refractivity contribution < 1.29 is 13.9 Å². The maximum atomic E-state index is 14.1. The molecule has 188 valence electrons. The van der Waals surface area contributed by atoms with Gasteiger partial charge in [-0.2, -0.15) is 0 Å². The van der Waals surface area contributed by atoms with E-state index in [0.717, 1.165) is 23.5 Å². The summed E-state index contributed by atoms with van der Waals surface area (Å²) < 4.78 is 20.1. The maximum absolute atomic E-state index is 14.1. The second-order valence-corrected chi connectivity index (χ2v) is 8.15. The number of halogens is 1. The van der Waals surface area contributed by atoms with E-state index in [4.69, 9.17) is 4.74 Å². The van der Waals surface area contributed by atoms with Crippen LogP contribution in [0.1, 0.15) is 23.1 Å². The van der Waals surface area contributed by atoms with Gasteiger partial charge in [0, 0.05) is 30.7 Å². The zero-order valence-electron chi connectivity index (χ0n) is 20.4. The molecule has 1 amide bonds. The van der Waals surface area contributed by atoms with Crippen LogP contribution < -0.4 is 15.4 Å². The molecule has 0 radical (unpaired) electrons. The summed E-state index contributed by atoms with van der Waals surface area (Å²) in [5, 5.41) is 5.73. The van der Waals surface area contributed by atoms with E-state index in [0.29, 0.717) is 17.3 Å². The van der Waals surface area contributed by atoms with Crippen molar-refractivity contribution in [2.75, 3.05) is 10.6 Å². The first-order chi connectivity index (χ1) is 18.6. The molecule has 3 aromatic heterocycles. The molecule has 3 heterocycles. The first kappa shape index (κ1) is 24.5. The van der Waals surface area contributed by atoms with Crippen LogP contribution in [0.25, 0.3) is 11.3 Å². The van der Waals surface area contributed by atoms with Crippen molar-refractivity contribution in [3.63, 3.8) is 0 Å². The Kier molecular flexibility index (Phi) is 7.26. The molecule has 2 aromatic carbocycles. The molecule has 0 aliphatic heterocycles. The average Bonchev–Trinajstić information content (AvgIpc) is 2.96. The van der Waals surface area contributed by atoms with Crippen molar-refractivity contribution in [3.05, 3.63) is 115 Å². The second kappa shape index (κ2) is 11.3. The van der Waals surface area contributed by atoms with Gasteiger partial charge in [0.15, 0.2) is 0 Å². The normalized spacial score (nSPS) is 10.6. The lowest BCUT2D eigenvalue weighted by Gasteiger charge is -2.13. The molecule has 0 aliphatic rings. The number of nitrogens with zero attached hydrogens (tertiary/aromatic N) is 4. The fourth-order valence-corrected chi connectivity index (χ4v) is 3.68. The van der Waals surface area contributed by atoms with Crippen LogP contribution in [0.5, 0.6) is 11.6 Å². The third-order valence-electron chi connectivity index (χ3n) is 5.57. The third kappa shape index (κ3) is 5.62. The topological polar surface area (TPSA) is 102 Å². The van der Waals surface area contributed by atoms with E-state index in [2.05, 4.69) is 30.6 Å². The number of anilines is 3. The number of pyridine rings is 2. The number of benzene rings is 2. The molecule has 2 N–H and O–H groups in total. The number of hydrogen-bond acceptors (Lipinski definition) is 7. The number of rotatable bonds is 8. The molecule has 0 saturated heterocycles. The summed E-state index contributed by atoms with van der Waals surface area (Å²) in [6.45, 7) is 1.99. The molecule has 0 unspecified atom stereocenters. The van der Waals surface area contributed by atoms with Crippen molar-refractivity contribution >= 4 is 23.1 Å². The molecule has 0 atom stereocenters. The summed E-state index contributed by atoms with van der Waals surface area (Å²) in [7, 11) is 0. The van der Waals surface area contributed by atoms with Gasteiger partial charge in [-0.25, -0.2) is 24.3 Å². The number of aromatic nitrogens is 4. The standard InChI is InChI=1S/C29H23FN6O2/c1-2-26-31-18-15-24(35-26)21-7-5-17-33-29(21)38-20-13-11-19(12-14-20)34-28(37)22-8-6-16-32-27(22)36-25-10-4-3-9-23(25)30/h3-18H,2H2,1H3,(H,32,36)(H,34,37). The van der Waals surface area contributed by atoms with Gasteiger partial charge in [0.2, 0.25) is 5.88 Å². The quantitative estimate of drug-likeness (QED) is 0.250. The molecule has 0 saturated carbocycles. The number of para-hydroxylation sites is 1. The van der Waals surface area contributed by atoms with E-state index >= 15 is 0 Å². The van der Waals surface area contributed by atoms with Crippen LogP contribution in [0.4, 0.5) is 21.6 Å². The number of aryl methyl sites for hydroxylation is 1. The summed E-state index contributed by atoms with van der Waals surface area (Å²) in [5.41, 5.74) is 2.51. The van der Waals surface area contributed by atoms with Crippen molar-refractivity contribution in [3.8, 4) is 22.9 Å². The molecule has 38 heavy (non-hydrogen) atoms. The Morgan fingerprint density at radius 1 is 0.868 bits per heavy atom. The minimum absolute atomic E-state index is 0.225. The van der Waals surface area contributed by atoms with Crippen molar-refractivity contribution in [1.29, 1.82) is 0 Å². The summed E-state index contributed by atoms with van der Waals surface area (Å²) >= 11 is 0. The molecule has 5 aromatic rings. The Labute approximate surface area is 218 Å². The molecule has 9 heteroatoms. The zero-order chi connectivity index (χ0) is 26.3. The van der Waals surface area contributed by atoms with Crippen LogP contribution in [0.3, 0.4) is 0 Å². The fraction of sp³-hybridized carbons (Fsp3) is 0.0690. The second-order valence-electron chi connectivity index (χ2n) is 8.15. The highest BCUT2D eigenvalue weighted by molar-refractivity contribution is 6.07. The lowest BCUT2D eigenvalue weighted by Crippen LogP contribution is -2.14. The van der Waals surface area contributed by atoms with Crippen molar-refractivity contribution in [2.24, 2.45) is 0 Å². The van der Waals surface area contributed by atoms with Gasteiger partial charge in [0.25, 0.3) is 5.91 Å². The highest BCUT2D eigenvalue weighted by atomic mass is 19.1. The largest absolute Gasteiger partial charge is 0.438 e. The van der Waals surface area contributed by atoms with Crippen molar-refractivity contribution in [1.82, 2.24) is 19.9 Å². The molecule has 8 nitrogen and oxygen atoms in total. The van der Waals surface area contributed by atoms with E-state index in [1.54, 1.807) is 67.0 Å². The monoisotopic (exact) mass is 506 g/mol. The molecular weight excluding hydrogens is 483 g/mol. The Morgan fingerprint density at radius 3 is 2.47 bits per heavy atom. The minimum atomic E-state index is -0.443. The van der Waals surface area contributed by atoms with Crippen molar-refractivity contribution in [2.45, 2.75) is 13.3 Å². The summed E-state index contributed by atoms with van der Waals surface area (Å²) in [5.74, 6) is 1.09. The number of amides is 1. The number of carbonyl (C=O) groups is 1. The molecule has 0 fully saturated rings. The summed E-state index contributed by atoms with van der Waals surface area (Å²) in [6, 6.07) is 21.9. The predicted octanol–water partition coefficient (Wildman–Crippen LogP) is 6.42. The van der Waals surface area contributed by atoms with E-state index in [1.807, 2.05) is 25.1 Å². The van der Waals surface area contributed by atoms with Gasteiger partial charge in [-0.15, -0.1) is 0 Å². The highest BCUT2D eigenvalue weighted by Gasteiger charge is 2.15. The van der Waals surface area contributed by atoms with Gasteiger partial charge in [-0.3, -0.25) is 4.79 Å². The van der Waals surface area contributed by atoms with Gasteiger partial charge in [-0.05, 0) is 66.7 Å². The van der Waals surface area contributed by atoms with E-state index in [9.17, 15) is 9.18 Å². The minimum Gasteiger partial charge on any atom is -0.438 e. The first-order valence-corrected chi connectivity index (χ1v) is 11.9. The zero-order valence-corrected chi connectivity index (χ0v) is 20.4. The van der Waals surface area contributed by atoms with Gasteiger partial charge < -0.3 is 15.4 Å². The Morgan fingerprint density at radius 2 is 1.66 bits per heavy atom. The van der Waals surface area contributed by atoms with Crippen LogP contribution in [0, 0.1) is 5.82 Å². The number of carbonyl (C=O) groups excluding carboxylic acids is 1. The van der Waals surface area contributed by atoms with Gasteiger partial charge in [-0.1, -0.05) is 19.1 Å². The Hall–Kier alpha value is -5.18. The molecule has 5 rings (SSSR count). The fourth-order valence-electron chi connectivity index (χ4n) is 3.68. The Bertz CT molecular complexity index is 1580. The van der Waals surface area contributed by atoms with E-state index in [1.165, 1.54) is 12.3 Å².